The molecule has 24 heavy (non-hydrogen) atoms. The largest absolute Gasteiger partial charge is 0.324 e. The van der Waals surface area contributed by atoms with Crippen molar-refractivity contribution in [2.75, 3.05) is 11.1 Å². The highest BCUT2D eigenvalue weighted by Gasteiger charge is 2.40. The monoisotopic (exact) mass is 340 g/mol. The van der Waals surface area contributed by atoms with E-state index in [1.165, 1.54) is 25.7 Å². The molecule has 4 heteroatoms. The van der Waals surface area contributed by atoms with Crippen LogP contribution >= 0.6 is 11.8 Å². The number of amides is 1. The quantitative estimate of drug-likeness (QED) is 0.769. The maximum atomic E-state index is 12.6. The van der Waals surface area contributed by atoms with Crippen molar-refractivity contribution in [1.29, 1.82) is 0 Å². The average molecular weight is 340 g/mol. The van der Waals surface area contributed by atoms with Crippen molar-refractivity contribution in [2.45, 2.75) is 44.1 Å². The van der Waals surface area contributed by atoms with Gasteiger partial charge in [-0.3, -0.25) is 4.79 Å². The zero-order chi connectivity index (χ0) is 16.5. The van der Waals surface area contributed by atoms with Crippen molar-refractivity contribution in [2.24, 2.45) is 17.8 Å². The number of hydrogen-bond donors (Lipinski definition) is 1. The van der Waals surface area contributed by atoms with E-state index in [-0.39, 0.29) is 5.91 Å². The lowest BCUT2D eigenvalue weighted by Gasteiger charge is -2.21. The summed E-state index contributed by atoms with van der Waals surface area (Å²) in [7, 11) is 0. The van der Waals surface area contributed by atoms with Gasteiger partial charge in [-0.2, -0.15) is 0 Å². The van der Waals surface area contributed by atoms with E-state index in [0.717, 1.165) is 39.2 Å². The third-order valence-electron chi connectivity index (χ3n) is 5.58. The molecule has 2 aliphatic carbocycles. The molecule has 3 unspecified atom stereocenters. The second-order valence-electron chi connectivity index (χ2n) is 7.15. The highest BCUT2D eigenvalue weighted by Crippen LogP contribution is 2.49. The van der Waals surface area contributed by atoms with Crippen LogP contribution in [0, 0.1) is 17.8 Å². The molecule has 2 aliphatic rings. The number of nitrogens with one attached hydrogen (secondary N) is 1. The van der Waals surface area contributed by atoms with Crippen LogP contribution in [0.2, 0.25) is 0 Å². The lowest BCUT2D eigenvalue weighted by molar-refractivity contribution is -0.117. The normalized spacial score (nSPS) is 25.3. The molecular formula is C20H24N2OS. The van der Waals surface area contributed by atoms with Crippen molar-refractivity contribution in [3.05, 3.63) is 30.3 Å². The zero-order valence-electron chi connectivity index (χ0n) is 14.1. The van der Waals surface area contributed by atoms with E-state index < -0.39 is 0 Å². The molecule has 4 rings (SSSR count). The summed E-state index contributed by atoms with van der Waals surface area (Å²) in [5.74, 6) is 3.38. The molecule has 0 radical (unpaired) electrons. The smallest absolute Gasteiger partial charge is 0.224 e. The van der Waals surface area contributed by atoms with Crippen LogP contribution in [0.1, 0.15) is 39.0 Å². The number of anilines is 1. The van der Waals surface area contributed by atoms with Gasteiger partial charge in [0.1, 0.15) is 5.03 Å². The van der Waals surface area contributed by atoms with Gasteiger partial charge in [-0.15, -0.1) is 11.8 Å². The van der Waals surface area contributed by atoms with E-state index in [1.807, 2.05) is 24.3 Å². The fourth-order valence-electron chi connectivity index (χ4n) is 4.50. The first-order valence-corrected chi connectivity index (χ1v) is 10.0. The molecule has 2 fully saturated rings. The van der Waals surface area contributed by atoms with Gasteiger partial charge in [0.05, 0.1) is 11.2 Å². The lowest BCUT2D eigenvalue weighted by atomic mass is 9.86. The summed E-state index contributed by atoms with van der Waals surface area (Å²) in [6, 6.07) is 10.2. The molecular weight excluding hydrogens is 316 g/mol. The first kappa shape index (κ1) is 15.9. The van der Waals surface area contributed by atoms with Crippen molar-refractivity contribution in [3.8, 4) is 0 Å². The molecule has 0 aliphatic heterocycles. The van der Waals surface area contributed by atoms with Crippen molar-refractivity contribution < 1.29 is 4.79 Å². The van der Waals surface area contributed by atoms with Crippen LogP contribution in [0.25, 0.3) is 10.9 Å². The number of hydrogen-bond acceptors (Lipinski definition) is 3. The molecule has 126 valence electrons. The zero-order valence-corrected chi connectivity index (χ0v) is 14.9. The molecule has 2 aromatic rings. The Morgan fingerprint density at radius 1 is 1.29 bits per heavy atom. The summed E-state index contributed by atoms with van der Waals surface area (Å²) in [5, 5.41) is 5.16. The Kier molecular flexibility index (Phi) is 4.49. The highest BCUT2D eigenvalue weighted by molar-refractivity contribution is 7.99. The molecule has 0 saturated heterocycles. The summed E-state index contributed by atoms with van der Waals surface area (Å²) in [6.45, 7) is 2.11. The Hall–Kier alpha value is -1.55. The van der Waals surface area contributed by atoms with Gasteiger partial charge in [0.15, 0.2) is 0 Å². The predicted molar refractivity (Wildman–Crippen MR) is 100 cm³/mol. The second kappa shape index (κ2) is 6.75. The third kappa shape index (κ3) is 3.16. The van der Waals surface area contributed by atoms with Crippen LogP contribution in [-0.2, 0) is 4.79 Å². The van der Waals surface area contributed by atoms with E-state index in [1.54, 1.807) is 11.8 Å². The number of thioether (sulfide) groups is 1. The third-order valence-corrected chi connectivity index (χ3v) is 6.45. The van der Waals surface area contributed by atoms with Crippen LogP contribution < -0.4 is 5.32 Å². The molecule has 1 N–H and O–H groups in total. The summed E-state index contributed by atoms with van der Waals surface area (Å²) in [5.41, 5.74) is 1.85. The number of rotatable bonds is 5. The minimum atomic E-state index is 0.155. The van der Waals surface area contributed by atoms with E-state index in [0.29, 0.717) is 12.3 Å². The number of nitrogens with zero attached hydrogens (tertiary/aromatic N) is 1. The van der Waals surface area contributed by atoms with E-state index in [9.17, 15) is 4.79 Å². The van der Waals surface area contributed by atoms with Gasteiger partial charge in [0.25, 0.3) is 0 Å². The predicted octanol–water partition coefficient (Wildman–Crippen LogP) is 5.11. The molecule has 3 atom stereocenters. The molecule has 1 heterocycles. The minimum absolute atomic E-state index is 0.155. The van der Waals surface area contributed by atoms with E-state index in [2.05, 4.69) is 18.3 Å². The van der Waals surface area contributed by atoms with Crippen LogP contribution in [0.15, 0.2) is 35.4 Å². The van der Waals surface area contributed by atoms with Crippen LogP contribution in [0.4, 0.5) is 5.69 Å². The Labute approximate surface area is 147 Å². The SMILES string of the molecule is CCSc1nc2ccccc2cc1NC(=O)CC1CC2CCC1C2. The van der Waals surface area contributed by atoms with Crippen LogP contribution in [0.3, 0.4) is 0 Å². The van der Waals surface area contributed by atoms with Gasteiger partial charge in [-0.25, -0.2) is 4.98 Å². The van der Waals surface area contributed by atoms with Crippen molar-refractivity contribution in [3.63, 3.8) is 0 Å². The van der Waals surface area contributed by atoms with Gasteiger partial charge < -0.3 is 5.32 Å². The van der Waals surface area contributed by atoms with Crippen molar-refractivity contribution in [1.82, 2.24) is 4.98 Å². The first-order chi connectivity index (χ1) is 11.7. The Balaban J connectivity index is 1.52. The summed E-state index contributed by atoms with van der Waals surface area (Å²) in [6.07, 6.45) is 5.99. The Bertz CT molecular complexity index is 760. The van der Waals surface area contributed by atoms with Gasteiger partial charge in [0.2, 0.25) is 5.91 Å². The first-order valence-electron chi connectivity index (χ1n) is 9.05. The molecule has 1 amide bonds. The summed E-state index contributed by atoms with van der Waals surface area (Å²) < 4.78 is 0. The van der Waals surface area contributed by atoms with E-state index >= 15 is 0 Å². The van der Waals surface area contributed by atoms with Crippen LogP contribution in [0.5, 0.6) is 0 Å². The van der Waals surface area contributed by atoms with Gasteiger partial charge >= 0.3 is 0 Å². The van der Waals surface area contributed by atoms with Gasteiger partial charge in [-0.05, 0) is 54.9 Å². The number of fused-ring (bicyclic) bond motifs is 3. The lowest BCUT2D eigenvalue weighted by Crippen LogP contribution is -2.20. The number of aromatic nitrogens is 1. The fourth-order valence-corrected chi connectivity index (χ4v) is 5.20. The summed E-state index contributed by atoms with van der Waals surface area (Å²) >= 11 is 1.69. The number of benzene rings is 1. The van der Waals surface area contributed by atoms with Crippen molar-refractivity contribution >= 4 is 34.3 Å². The summed E-state index contributed by atoms with van der Waals surface area (Å²) in [4.78, 5) is 17.3. The molecule has 2 bridgehead atoms. The minimum Gasteiger partial charge on any atom is -0.324 e. The highest BCUT2D eigenvalue weighted by atomic mass is 32.2. The molecule has 2 saturated carbocycles. The number of carbonyl (C=O) groups excluding carboxylic acids is 1. The molecule has 3 nitrogen and oxygen atoms in total. The molecule has 1 aromatic heterocycles. The maximum Gasteiger partial charge on any atom is 0.224 e. The fraction of sp³-hybridized carbons (Fsp3) is 0.500. The average Bonchev–Trinajstić information content (AvgIpc) is 3.18. The van der Waals surface area contributed by atoms with Crippen LogP contribution in [-0.4, -0.2) is 16.6 Å². The number of carbonyl (C=O) groups is 1. The number of para-hydroxylation sites is 1. The molecule has 1 aromatic carbocycles. The van der Waals surface area contributed by atoms with E-state index in [4.69, 9.17) is 4.98 Å². The molecule has 0 spiro atoms. The van der Waals surface area contributed by atoms with Gasteiger partial charge in [0, 0.05) is 11.8 Å². The second-order valence-corrected chi connectivity index (χ2v) is 8.41. The Morgan fingerprint density at radius 3 is 2.92 bits per heavy atom. The van der Waals surface area contributed by atoms with Gasteiger partial charge in [-0.1, -0.05) is 31.5 Å². The topological polar surface area (TPSA) is 42.0 Å². The Morgan fingerprint density at radius 2 is 2.17 bits per heavy atom. The number of pyridine rings is 1. The maximum absolute atomic E-state index is 12.6. The standard InChI is InChI=1S/C20H24N2OS/c1-2-24-20-18(11-15-5-3-4-6-17(15)22-20)21-19(23)12-16-10-13-7-8-14(16)9-13/h3-6,11,13-14,16H,2,7-10,12H2,1H3,(H,21,23).